The summed E-state index contributed by atoms with van der Waals surface area (Å²) in [7, 11) is 2.04. The van der Waals surface area contributed by atoms with Crippen molar-refractivity contribution in [3.63, 3.8) is 0 Å². The first-order valence-corrected chi connectivity index (χ1v) is 7.21. The van der Waals surface area contributed by atoms with Gasteiger partial charge in [0.1, 0.15) is 0 Å². The third kappa shape index (κ3) is 4.79. The molecule has 0 aromatic heterocycles. The zero-order valence-electron chi connectivity index (χ0n) is 11.7. The summed E-state index contributed by atoms with van der Waals surface area (Å²) in [5.41, 5.74) is 1.56. The first-order valence-electron chi connectivity index (χ1n) is 6.46. The van der Waals surface area contributed by atoms with Crippen LogP contribution in [0, 0.1) is 5.41 Å². The molecular formula is C15H23Cl2N. The van der Waals surface area contributed by atoms with E-state index in [0.717, 1.165) is 12.8 Å². The van der Waals surface area contributed by atoms with Crippen molar-refractivity contribution in [1.29, 1.82) is 0 Å². The number of aryl methyl sites for hydroxylation is 1. The van der Waals surface area contributed by atoms with Crippen molar-refractivity contribution in [2.24, 2.45) is 5.41 Å². The molecule has 1 N–H and O–H groups in total. The van der Waals surface area contributed by atoms with Gasteiger partial charge in [-0.25, -0.2) is 0 Å². The Labute approximate surface area is 121 Å². The average Bonchev–Trinajstić information content (AvgIpc) is 2.27. The molecule has 102 valence electrons. The van der Waals surface area contributed by atoms with E-state index in [9.17, 15) is 0 Å². The molecule has 1 rings (SSSR count). The Kier molecular flexibility index (Phi) is 5.97. The van der Waals surface area contributed by atoms with Gasteiger partial charge >= 0.3 is 0 Å². The second-order valence-electron chi connectivity index (χ2n) is 5.85. The maximum absolute atomic E-state index is 6.01. The smallest absolute Gasteiger partial charge is 0.0595 e. The number of nitrogens with one attached hydrogen (secondary N) is 1. The van der Waals surface area contributed by atoms with E-state index < -0.39 is 0 Å². The Hall–Kier alpha value is -0.240. The maximum Gasteiger partial charge on any atom is 0.0595 e. The van der Waals surface area contributed by atoms with Crippen LogP contribution in [-0.4, -0.2) is 13.1 Å². The lowest BCUT2D eigenvalue weighted by atomic mass is 9.83. The van der Waals surface area contributed by atoms with Gasteiger partial charge in [-0.3, -0.25) is 0 Å². The second-order valence-corrected chi connectivity index (χ2v) is 6.66. The van der Waals surface area contributed by atoms with E-state index in [1.807, 2.05) is 19.2 Å². The van der Waals surface area contributed by atoms with Crippen molar-refractivity contribution in [3.8, 4) is 0 Å². The van der Waals surface area contributed by atoms with Gasteiger partial charge in [-0.15, -0.1) is 0 Å². The van der Waals surface area contributed by atoms with Crippen molar-refractivity contribution >= 4 is 23.2 Å². The first-order chi connectivity index (χ1) is 8.34. The van der Waals surface area contributed by atoms with Gasteiger partial charge in [0.15, 0.2) is 0 Å². The number of hydrogen-bond donors (Lipinski definition) is 1. The van der Waals surface area contributed by atoms with Crippen LogP contribution in [0.15, 0.2) is 18.2 Å². The van der Waals surface area contributed by atoms with Crippen LogP contribution in [0.5, 0.6) is 0 Å². The Morgan fingerprint density at radius 2 is 1.83 bits per heavy atom. The van der Waals surface area contributed by atoms with E-state index in [1.165, 1.54) is 12.0 Å². The van der Waals surface area contributed by atoms with E-state index in [0.29, 0.717) is 21.5 Å². The minimum Gasteiger partial charge on any atom is -0.316 e. The van der Waals surface area contributed by atoms with Gasteiger partial charge in [0, 0.05) is 6.04 Å². The first kappa shape index (κ1) is 15.8. The molecule has 0 radical (unpaired) electrons. The van der Waals surface area contributed by atoms with E-state index in [2.05, 4.69) is 32.2 Å². The minimum atomic E-state index is 0.298. The van der Waals surface area contributed by atoms with Gasteiger partial charge in [-0.1, -0.05) is 50.0 Å². The van der Waals surface area contributed by atoms with Crippen molar-refractivity contribution in [1.82, 2.24) is 5.32 Å². The molecule has 0 bridgehead atoms. The molecule has 0 spiro atoms. The standard InChI is InChI=1S/C15H23Cl2N/c1-15(2,3)14(18-4)7-5-6-11-8-9-12(16)13(17)10-11/h8-10,14,18H,5-7H2,1-4H3. The van der Waals surface area contributed by atoms with Crippen LogP contribution in [0.3, 0.4) is 0 Å². The molecule has 0 saturated heterocycles. The van der Waals surface area contributed by atoms with Gasteiger partial charge in [0.05, 0.1) is 10.0 Å². The molecule has 0 fully saturated rings. The normalized spacial score (nSPS) is 13.7. The summed E-state index contributed by atoms with van der Waals surface area (Å²) < 4.78 is 0. The summed E-state index contributed by atoms with van der Waals surface area (Å²) in [5, 5.41) is 4.68. The van der Waals surface area contributed by atoms with Gasteiger partial charge < -0.3 is 5.32 Å². The lowest BCUT2D eigenvalue weighted by molar-refractivity contribution is 0.263. The summed E-state index contributed by atoms with van der Waals surface area (Å²) >= 11 is 11.9. The highest BCUT2D eigenvalue weighted by Gasteiger charge is 2.22. The van der Waals surface area contributed by atoms with Gasteiger partial charge in [-0.2, -0.15) is 0 Å². The summed E-state index contributed by atoms with van der Waals surface area (Å²) in [6, 6.07) is 6.44. The van der Waals surface area contributed by atoms with Crippen LogP contribution < -0.4 is 5.32 Å². The molecule has 1 aromatic rings. The molecule has 1 atom stereocenters. The number of halogens is 2. The summed E-state index contributed by atoms with van der Waals surface area (Å²) in [4.78, 5) is 0. The second kappa shape index (κ2) is 6.79. The molecule has 0 amide bonds. The predicted molar refractivity (Wildman–Crippen MR) is 81.7 cm³/mol. The molecule has 18 heavy (non-hydrogen) atoms. The zero-order chi connectivity index (χ0) is 13.8. The quantitative estimate of drug-likeness (QED) is 0.808. The van der Waals surface area contributed by atoms with Crippen LogP contribution >= 0.6 is 23.2 Å². The summed E-state index contributed by atoms with van der Waals surface area (Å²) in [6.45, 7) is 6.81. The monoisotopic (exact) mass is 287 g/mol. The highest BCUT2D eigenvalue weighted by Crippen LogP contribution is 2.25. The molecule has 3 heteroatoms. The number of hydrogen-bond acceptors (Lipinski definition) is 1. The van der Waals surface area contributed by atoms with Crippen LogP contribution in [-0.2, 0) is 6.42 Å². The highest BCUT2D eigenvalue weighted by molar-refractivity contribution is 6.42. The molecule has 0 aliphatic heterocycles. The predicted octanol–water partition coefficient (Wildman–Crippen LogP) is 4.95. The Balaban J connectivity index is 2.48. The van der Waals surface area contributed by atoms with Gasteiger partial charge in [0.25, 0.3) is 0 Å². The number of benzene rings is 1. The Bertz CT molecular complexity index is 383. The lowest BCUT2D eigenvalue weighted by Crippen LogP contribution is -2.37. The van der Waals surface area contributed by atoms with Gasteiger partial charge in [-0.05, 0) is 49.4 Å². The molecule has 0 saturated carbocycles. The van der Waals surface area contributed by atoms with Crippen LogP contribution in [0.4, 0.5) is 0 Å². The summed E-state index contributed by atoms with van der Waals surface area (Å²) in [5.74, 6) is 0. The molecule has 1 aromatic carbocycles. The highest BCUT2D eigenvalue weighted by atomic mass is 35.5. The zero-order valence-corrected chi connectivity index (χ0v) is 13.2. The fraction of sp³-hybridized carbons (Fsp3) is 0.600. The van der Waals surface area contributed by atoms with E-state index in [1.54, 1.807) is 0 Å². The third-order valence-corrected chi connectivity index (χ3v) is 4.08. The minimum absolute atomic E-state index is 0.298. The number of rotatable bonds is 5. The van der Waals surface area contributed by atoms with Crippen molar-refractivity contribution < 1.29 is 0 Å². The van der Waals surface area contributed by atoms with Crippen molar-refractivity contribution in [3.05, 3.63) is 33.8 Å². The molecule has 0 heterocycles. The SMILES string of the molecule is CNC(CCCc1ccc(Cl)c(Cl)c1)C(C)(C)C. The molecule has 0 aliphatic rings. The van der Waals surface area contributed by atoms with E-state index in [4.69, 9.17) is 23.2 Å². The molecule has 1 nitrogen and oxygen atoms in total. The fourth-order valence-electron chi connectivity index (χ4n) is 2.22. The Morgan fingerprint density at radius 1 is 1.17 bits per heavy atom. The van der Waals surface area contributed by atoms with Crippen LogP contribution in [0.25, 0.3) is 0 Å². The van der Waals surface area contributed by atoms with E-state index >= 15 is 0 Å². The van der Waals surface area contributed by atoms with Crippen LogP contribution in [0.1, 0.15) is 39.2 Å². The maximum atomic E-state index is 6.01. The summed E-state index contributed by atoms with van der Waals surface area (Å²) in [6.07, 6.45) is 3.37. The van der Waals surface area contributed by atoms with Crippen molar-refractivity contribution in [2.45, 2.75) is 46.1 Å². The van der Waals surface area contributed by atoms with Crippen molar-refractivity contribution in [2.75, 3.05) is 7.05 Å². The Morgan fingerprint density at radius 3 is 2.33 bits per heavy atom. The van der Waals surface area contributed by atoms with Gasteiger partial charge in [0.2, 0.25) is 0 Å². The average molecular weight is 288 g/mol. The topological polar surface area (TPSA) is 12.0 Å². The fourth-order valence-corrected chi connectivity index (χ4v) is 2.54. The lowest BCUT2D eigenvalue weighted by Gasteiger charge is -2.30. The molecule has 1 unspecified atom stereocenters. The molecule has 0 aliphatic carbocycles. The van der Waals surface area contributed by atoms with E-state index in [-0.39, 0.29) is 0 Å². The van der Waals surface area contributed by atoms with Crippen LogP contribution in [0.2, 0.25) is 10.0 Å². The molecular weight excluding hydrogens is 265 g/mol. The largest absolute Gasteiger partial charge is 0.316 e. The third-order valence-electron chi connectivity index (χ3n) is 3.34.